The van der Waals surface area contributed by atoms with Crippen LogP contribution in [0.1, 0.15) is 27.8 Å². The quantitative estimate of drug-likeness (QED) is 0.674. The summed E-state index contributed by atoms with van der Waals surface area (Å²) in [5.74, 6) is 0.959. The number of carbonyl (C=O) groups excluding carboxylic acids is 1. The monoisotopic (exact) mass is 388 g/mol. The van der Waals surface area contributed by atoms with Crippen LogP contribution >= 0.6 is 0 Å². The SMILES string of the molecule is COc1ccc(CN2CC3C(C2)n2cccc2C(=O)N3Cc2ccccn2)cc1. The molecule has 2 atom stereocenters. The van der Waals surface area contributed by atoms with E-state index in [2.05, 4.69) is 26.6 Å². The molecule has 2 unspecified atom stereocenters. The van der Waals surface area contributed by atoms with Gasteiger partial charge in [-0.15, -0.1) is 0 Å². The van der Waals surface area contributed by atoms with E-state index in [0.29, 0.717) is 6.54 Å². The molecule has 2 aliphatic rings. The highest BCUT2D eigenvalue weighted by molar-refractivity contribution is 5.94. The molecule has 29 heavy (non-hydrogen) atoms. The lowest BCUT2D eigenvalue weighted by molar-refractivity contribution is 0.0553. The van der Waals surface area contributed by atoms with Crippen LogP contribution in [0, 0.1) is 0 Å². The van der Waals surface area contributed by atoms with E-state index in [4.69, 9.17) is 4.74 Å². The number of pyridine rings is 1. The van der Waals surface area contributed by atoms with Crippen LogP contribution in [0.15, 0.2) is 67.0 Å². The summed E-state index contributed by atoms with van der Waals surface area (Å²) >= 11 is 0. The van der Waals surface area contributed by atoms with Crippen molar-refractivity contribution in [1.29, 1.82) is 0 Å². The Morgan fingerprint density at radius 3 is 2.59 bits per heavy atom. The van der Waals surface area contributed by atoms with Crippen LogP contribution in [0.2, 0.25) is 0 Å². The van der Waals surface area contributed by atoms with Crippen LogP contribution in [0.4, 0.5) is 0 Å². The van der Waals surface area contributed by atoms with E-state index in [1.807, 2.05) is 53.6 Å². The molecule has 1 fully saturated rings. The summed E-state index contributed by atoms with van der Waals surface area (Å²) in [5.41, 5.74) is 2.95. The van der Waals surface area contributed by atoms with Gasteiger partial charge in [-0.2, -0.15) is 0 Å². The van der Waals surface area contributed by atoms with Crippen molar-refractivity contribution in [2.75, 3.05) is 20.2 Å². The van der Waals surface area contributed by atoms with Crippen molar-refractivity contribution in [3.05, 3.63) is 83.9 Å². The van der Waals surface area contributed by atoms with Crippen LogP contribution in [0.5, 0.6) is 5.75 Å². The highest BCUT2D eigenvalue weighted by atomic mass is 16.5. The van der Waals surface area contributed by atoms with Crippen LogP contribution in [-0.4, -0.2) is 51.5 Å². The Bertz CT molecular complexity index is 999. The van der Waals surface area contributed by atoms with Gasteiger partial charge in [-0.1, -0.05) is 18.2 Å². The zero-order chi connectivity index (χ0) is 19.8. The van der Waals surface area contributed by atoms with Crippen molar-refractivity contribution in [2.45, 2.75) is 25.2 Å². The maximum absolute atomic E-state index is 13.2. The second kappa shape index (κ2) is 7.37. The molecule has 0 spiro atoms. The van der Waals surface area contributed by atoms with E-state index >= 15 is 0 Å². The van der Waals surface area contributed by atoms with Crippen molar-refractivity contribution in [3.63, 3.8) is 0 Å². The second-order valence-electron chi connectivity index (χ2n) is 7.73. The molecule has 1 amide bonds. The number of likely N-dealkylation sites (tertiary alicyclic amines) is 1. The van der Waals surface area contributed by atoms with Crippen molar-refractivity contribution >= 4 is 5.91 Å². The van der Waals surface area contributed by atoms with Crippen LogP contribution in [-0.2, 0) is 13.1 Å². The van der Waals surface area contributed by atoms with E-state index in [-0.39, 0.29) is 18.0 Å². The Hall–Kier alpha value is -3.12. The number of fused-ring (bicyclic) bond motifs is 3. The van der Waals surface area contributed by atoms with Crippen molar-refractivity contribution in [2.24, 2.45) is 0 Å². The third-order valence-corrected chi connectivity index (χ3v) is 5.97. The number of hydrogen-bond donors (Lipinski definition) is 0. The number of nitrogens with zero attached hydrogens (tertiary/aromatic N) is 4. The summed E-state index contributed by atoms with van der Waals surface area (Å²) in [4.78, 5) is 22.1. The zero-order valence-electron chi connectivity index (χ0n) is 16.4. The maximum atomic E-state index is 13.2. The topological polar surface area (TPSA) is 50.6 Å². The van der Waals surface area contributed by atoms with Gasteiger partial charge in [-0.3, -0.25) is 14.7 Å². The second-order valence-corrected chi connectivity index (χ2v) is 7.73. The van der Waals surface area contributed by atoms with E-state index in [1.54, 1.807) is 13.3 Å². The number of rotatable bonds is 5. The van der Waals surface area contributed by atoms with Gasteiger partial charge in [0.1, 0.15) is 11.4 Å². The molecule has 0 saturated carbocycles. The molecule has 3 aromatic rings. The average Bonchev–Trinajstić information content (AvgIpc) is 3.40. The van der Waals surface area contributed by atoms with E-state index < -0.39 is 0 Å². The first-order valence-electron chi connectivity index (χ1n) is 9.96. The fourth-order valence-corrected chi connectivity index (χ4v) is 4.56. The molecule has 6 heteroatoms. The van der Waals surface area contributed by atoms with Crippen LogP contribution < -0.4 is 4.74 Å². The largest absolute Gasteiger partial charge is 0.497 e. The Morgan fingerprint density at radius 1 is 1.00 bits per heavy atom. The van der Waals surface area contributed by atoms with Crippen molar-refractivity contribution in [1.82, 2.24) is 19.4 Å². The predicted octanol–water partition coefficient (Wildman–Crippen LogP) is 2.97. The highest BCUT2D eigenvalue weighted by Gasteiger charge is 2.44. The number of hydrogen-bond acceptors (Lipinski definition) is 4. The smallest absolute Gasteiger partial charge is 0.271 e. The van der Waals surface area contributed by atoms with Gasteiger partial charge in [0, 0.05) is 32.0 Å². The molecule has 1 saturated heterocycles. The molecule has 6 nitrogen and oxygen atoms in total. The summed E-state index contributed by atoms with van der Waals surface area (Å²) in [6.07, 6.45) is 3.83. The number of ether oxygens (including phenoxy) is 1. The first-order valence-corrected chi connectivity index (χ1v) is 9.96. The molecule has 0 radical (unpaired) electrons. The van der Waals surface area contributed by atoms with Gasteiger partial charge < -0.3 is 14.2 Å². The molecular weight excluding hydrogens is 364 g/mol. The average molecular weight is 388 g/mol. The third-order valence-electron chi connectivity index (χ3n) is 5.97. The molecule has 0 N–H and O–H groups in total. The normalized spacial score (nSPS) is 21.1. The van der Waals surface area contributed by atoms with Crippen molar-refractivity contribution in [3.8, 4) is 5.75 Å². The molecule has 5 rings (SSSR count). The van der Waals surface area contributed by atoms with Gasteiger partial charge in [0.25, 0.3) is 5.91 Å². The van der Waals surface area contributed by atoms with Gasteiger partial charge in [0.2, 0.25) is 0 Å². The summed E-state index contributed by atoms with van der Waals surface area (Å²) in [6, 6.07) is 18.4. The molecule has 1 aromatic carbocycles. The first kappa shape index (κ1) is 17.9. The first-order chi connectivity index (χ1) is 14.2. The maximum Gasteiger partial charge on any atom is 0.271 e. The summed E-state index contributed by atoms with van der Waals surface area (Å²) in [6.45, 7) is 3.18. The number of aromatic nitrogens is 2. The predicted molar refractivity (Wildman–Crippen MR) is 110 cm³/mol. The minimum absolute atomic E-state index is 0.0909. The molecule has 0 bridgehead atoms. The Kier molecular flexibility index (Phi) is 4.56. The van der Waals surface area contributed by atoms with Gasteiger partial charge in [0.15, 0.2) is 0 Å². The van der Waals surface area contributed by atoms with Gasteiger partial charge in [-0.05, 0) is 42.0 Å². The zero-order valence-corrected chi connectivity index (χ0v) is 16.4. The summed E-state index contributed by atoms with van der Waals surface area (Å²) in [5, 5.41) is 0. The van der Waals surface area contributed by atoms with Gasteiger partial charge in [0.05, 0.1) is 31.4 Å². The fourth-order valence-electron chi connectivity index (χ4n) is 4.56. The minimum Gasteiger partial charge on any atom is -0.497 e. The Balaban J connectivity index is 1.40. The molecule has 2 aromatic heterocycles. The lowest BCUT2D eigenvalue weighted by atomic mass is 10.1. The lowest BCUT2D eigenvalue weighted by Crippen LogP contribution is -2.49. The molecule has 4 heterocycles. The van der Waals surface area contributed by atoms with E-state index in [1.165, 1.54) is 5.56 Å². The van der Waals surface area contributed by atoms with Crippen molar-refractivity contribution < 1.29 is 9.53 Å². The summed E-state index contributed by atoms with van der Waals surface area (Å²) < 4.78 is 7.42. The lowest BCUT2D eigenvalue weighted by Gasteiger charge is -2.38. The molecule has 2 aliphatic heterocycles. The highest BCUT2D eigenvalue weighted by Crippen LogP contribution is 2.35. The van der Waals surface area contributed by atoms with Gasteiger partial charge >= 0.3 is 0 Å². The number of amides is 1. The van der Waals surface area contributed by atoms with Crippen LogP contribution in [0.25, 0.3) is 0 Å². The standard InChI is InChI=1S/C23H24N4O2/c1-29-19-9-7-17(8-10-19)13-25-15-21-22(16-25)27(14-18-5-2-3-11-24-18)23(28)20-6-4-12-26(20)21/h2-12,21-22H,13-16H2,1H3. The van der Waals surface area contributed by atoms with Crippen LogP contribution in [0.3, 0.4) is 0 Å². The number of carbonyl (C=O) groups is 1. The fraction of sp³-hybridized carbons (Fsp3) is 0.304. The number of benzene rings is 1. The molecular formula is C23H24N4O2. The third kappa shape index (κ3) is 3.29. The minimum atomic E-state index is 0.0909. The van der Waals surface area contributed by atoms with Gasteiger partial charge in [-0.25, -0.2) is 0 Å². The summed E-state index contributed by atoms with van der Waals surface area (Å²) in [7, 11) is 1.68. The van der Waals surface area contributed by atoms with E-state index in [0.717, 1.165) is 36.8 Å². The molecule has 0 aliphatic carbocycles. The van der Waals surface area contributed by atoms with E-state index in [9.17, 15) is 4.79 Å². The molecule has 148 valence electrons. The Labute approximate surface area is 170 Å². The Morgan fingerprint density at radius 2 is 1.83 bits per heavy atom. The number of methoxy groups -OCH3 is 1.